The van der Waals surface area contributed by atoms with E-state index in [1.807, 2.05) is 24.8 Å². The Morgan fingerprint density at radius 1 is 1.32 bits per heavy atom. The number of rotatable bonds is 5. The molecule has 0 spiro atoms. The standard InChI is InChI=1S/C18H23N7/c19-4-6-22-14-2-1-7-25(11-14)16-3-5-23-18-17(16)15(10-24-18)13-8-20-12-21-9-13/h3,5,8-10,12,14,22H,1-2,4,6-7,11,19H2,(H,23,24). The smallest absolute Gasteiger partial charge is 0.139 e. The Bertz CT molecular complexity index is 830. The van der Waals surface area contributed by atoms with Gasteiger partial charge in [0.1, 0.15) is 12.0 Å². The van der Waals surface area contributed by atoms with Crippen molar-refractivity contribution >= 4 is 16.7 Å². The maximum atomic E-state index is 5.64. The van der Waals surface area contributed by atoms with Gasteiger partial charge >= 0.3 is 0 Å². The summed E-state index contributed by atoms with van der Waals surface area (Å²) in [7, 11) is 0. The second kappa shape index (κ2) is 7.16. The molecule has 4 heterocycles. The van der Waals surface area contributed by atoms with E-state index >= 15 is 0 Å². The first-order valence-corrected chi connectivity index (χ1v) is 8.76. The quantitative estimate of drug-likeness (QED) is 0.653. The van der Waals surface area contributed by atoms with Crippen molar-refractivity contribution in [2.45, 2.75) is 18.9 Å². The molecule has 3 aromatic rings. The van der Waals surface area contributed by atoms with Crippen LogP contribution >= 0.6 is 0 Å². The highest BCUT2D eigenvalue weighted by atomic mass is 15.2. The molecule has 0 aliphatic carbocycles. The summed E-state index contributed by atoms with van der Waals surface area (Å²) < 4.78 is 0. The van der Waals surface area contributed by atoms with Crippen molar-refractivity contribution < 1.29 is 0 Å². The van der Waals surface area contributed by atoms with Crippen molar-refractivity contribution in [1.82, 2.24) is 25.3 Å². The Hall–Kier alpha value is -2.51. The Morgan fingerprint density at radius 3 is 3.04 bits per heavy atom. The van der Waals surface area contributed by atoms with Gasteiger partial charge in [0.2, 0.25) is 0 Å². The molecule has 1 saturated heterocycles. The van der Waals surface area contributed by atoms with Crippen LogP contribution in [-0.4, -0.2) is 52.2 Å². The van der Waals surface area contributed by atoms with E-state index in [4.69, 9.17) is 5.73 Å². The molecular formula is C18H23N7. The Labute approximate surface area is 146 Å². The number of pyridine rings is 1. The van der Waals surface area contributed by atoms with Crippen LogP contribution in [0, 0.1) is 0 Å². The average Bonchev–Trinajstić information content (AvgIpc) is 3.11. The molecule has 1 aliphatic rings. The Kier molecular flexibility index (Phi) is 4.58. The van der Waals surface area contributed by atoms with E-state index in [2.05, 4.69) is 36.2 Å². The summed E-state index contributed by atoms with van der Waals surface area (Å²) in [6, 6.07) is 2.58. The molecule has 0 amide bonds. The summed E-state index contributed by atoms with van der Waals surface area (Å²) in [5, 5.41) is 4.68. The molecule has 4 rings (SSSR count). The molecule has 0 bridgehead atoms. The highest BCUT2D eigenvalue weighted by molar-refractivity contribution is 6.02. The van der Waals surface area contributed by atoms with Crippen molar-refractivity contribution in [1.29, 1.82) is 0 Å². The maximum Gasteiger partial charge on any atom is 0.139 e. The van der Waals surface area contributed by atoms with Gasteiger partial charge in [-0.15, -0.1) is 0 Å². The normalized spacial score (nSPS) is 18.0. The predicted molar refractivity (Wildman–Crippen MR) is 99.4 cm³/mol. The number of piperidine rings is 1. The van der Waals surface area contributed by atoms with Gasteiger partial charge in [-0.05, 0) is 18.9 Å². The van der Waals surface area contributed by atoms with Crippen LogP contribution in [0.15, 0.2) is 37.2 Å². The first kappa shape index (κ1) is 16.0. The lowest BCUT2D eigenvalue weighted by Gasteiger charge is -2.35. The van der Waals surface area contributed by atoms with Gasteiger partial charge in [-0.25, -0.2) is 15.0 Å². The molecule has 1 atom stereocenters. The topological polar surface area (TPSA) is 95.8 Å². The number of H-pyrrole nitrogens is 1. The first-order valence-electron chi connectivity index (χ1n) is 8.76. The van der Waals surface area contributed by atoms with Crippen LogP contribution in [0.3, 0.4) is 0 Å². The van der Waals surface area contributed by atoms with E-state index in [0.29, 0.717) is 12.6 Å². The van der Waals surface area contributed by atoms with E-state index in [9.17, 15) is 0 Å². The maximum absolute atomic E-state index is 5.64. The van der Waals surface area contributed by atoms with Gasteiger partial charge in [0.15, 0.2) is 0 Å². The summed E-state index contributed by atoms with van der Waals surface area (Å²) in [4.78, 5) is 18.5. The van der Waals surface area contributed by atoms with Gasteiger partial charge in [0.05, 0.1) is 5.39 Å². The number of anilines is 1. The fourth-order valence-electron chi connectivity index (χ4n) is 3.62. The van der Waals surface area contributed by atoms with Crippen molar-refractivity contribution in [2.24, 2.45) is 5.73 Å². The zero-order valence-electron chi connectivity index (χ0n) is 14.2. The number of fused-ring (bicyclic) bond motifs is 1. The Morgan fingerprint density at radius 2 is 2.20 bits per heavy atom. The van der Waals surface area contributed by atoms with Gasteiger partial charge in [0, 0.05) is 73.8 Å². The third-order valence-electron chi connectivity index (χ3n) is 4.76. The van der Waals surface area contributed by atoms with Gasteiger partial charge in [-0.2, -0.15) is 0 Å². The van der Waals surface area contributed by atoms with E-state index in [1.165, 1.54) is 18.5 Å². The van der Waals surface area contributed by atoms with Gasteiger partial charge < -0.3 is 20.9 Å². The zero-order valence-corrected chi connectivity index (χ0v) is 14.2. The lowest BCUT2D eigenvalue weighted by Crippen LogP contribution is -2.47. The summed E-state index contributed by atoms with van der Waals surface area (Å²) in [5.74, 6) is 0. The summed E-state index contributed by atoms with van der Waals surface area (Å²) in [5.41, 5.74) is 9.84. The van der Waals surface area contributed by atoms with Crippen molar-refractivity contribution in [3.8, 4) is 11.1 Å². The molecule has 1 fully saturated rings. The second-order valence-electron chi connectivity index (χ2n) is 6.41. The third-order valence-corrected chi connectivity index (χ3v) is 4.76. The monoisotopic (exact) mass is 337 g/mol. The minimum absolute atomic E-state index is 0.475. The third kappa shape index (κ3) is 3.20. The molecule has 4 N–H and O–H groups in total. The largest absolute Gasteiger partial charge is 0.369 e. The lowest BCUT2D eigenvalue weighted by molar-refractivity contribution is 0.427. The molecule has 0 radical (unpaired) electrons. The number of aromatic nitrogens is 4. The molecule has 3 aromatic heterocycles. The molecule has 1 aliphatic heterocycles. The van der Waals surface area contributed by atoms with Crippen LogP contribution in [0.1, 0.15) is 12.8 Å². The van der Waals surface area contributed by atoms with Gasteiger partial charge in [-0.3, -0.25) is 0 Å². The van der Waals surface area contributed by atoms with Crippen LogP contribution in [0.4, 0.5) is 5.69 Å². The van der Waals surface area contributed by atoms with Crippen LogP contribution < -0.4 is 16.0 Å². The van der Waals surface area contributed by atoms with Crippen LogP contribution in [0.2, 0.25) is 0 Å². The van der Waals surface area contributed by atoms with Crippen LogP contribution in [-0.2, 0) is 0 Å². The van der Waals surface area contributed by atoms with Crippen LogP contribution in [0.25, 0.3) is 22.2 Å². The van der Waals surface area contributed by atoms with E-state index < -0.39 is 0 Å². The SMILES string of the molecule is NCCNC1CCCN(c2ccnc3[nH]cc(-c4cncnc4)c23)C1. The molecule has 130 valence electrons. The predicted octanol–water partition coefficient (Wildman–Crippen LogP) is 1.54. The molecular weight excluding hydrogens is 314 g/mol. The molecule has 0 aromatic carbocycles. The first-order chi connectivity index (χ1) is 12.4. The number of hydrogen-bond acceptors (Lipinski definition) is 6. The fraction of sp³-hybridized carbons (Fsp3) is 0.389. The molecule has 25 heavy (non-hydrogen) atoms. The Balaban J connectivity index is 1.71. The minimum atomic E-state index is 0.475. The summed E-state index contributed by atoms with van der Waals surface area (Å²) in [6.07, 6.45) is 11.5. The second-order valence-corrected chi connectivity index (χ2v) is 6.41. The van der Waals surface area contributed by atoms with Gasteiger partial charge in [0.25, 0.3) is 0 Å². The number of nitrogens with two attached hydrogens (primary N) is 1. The zero-order chi connectivity index (χ0) is 17.1. The molecule has 7 heteroatoms. The molecule has 0 saturated carbocycles. The van der Waals surface area contributed by atoms with Crippen molar-refractivity contribution in [3.63, 3.8) is 0 Å². The number of hydrogen-bond donors (Lipinski definition) is 3. The van der Waals surface area contributed by atoms with Gasteiger partial charge in [-0.1, -0.05) is 0 Å². The summed E-state index contributed by atoms with van der Waals surface area (Å²) >= 11 is 0. The molecule has 1 unspecified atom stereocenters. The number of nitrogens with zero attached hydrogens (tertiary/aromatic N) is 4. The van der Waals surface area contributed by atoms with E-state index in [-0.39, 0.29) is 0 Å². The number of aromatic amines is 1. The minimum Gasteiger partial charge on any atom is -0.369 e. The summed E-state index contributed by atoms with van der Waals surface area (Å²) in [6.45, 7) is 3.57. The lowest BCUT2D eigenvalue weighted by atomic mass is 10.0. The van der Waals surface area contributed by atoms with Crippen LogP contribution in [0.5, 0.6) is 0 Å². The highest BCUT2D eigenvalue weighted by Gasteiger charge is 2.22. The van der Waals surface area contributed by atoms with E-state index in [1.54, 1.807) is 6.33 Å². The van der Waals surface area contributed by atoms with Crippen molar-refractivity contribution in [3.05, 3.63) is 37.2 Å². The van der Waals surface area contributed by atoms with Crippen molar-refractivity contribution in [2.75, 3.05) is 31.1 Å². The molecule has 7 nitrogen and oxygen atoms in total. The number of nitrogens with one attached hydrogen (secondary N) is 2. The fourth-order valence-corrected chi connectivity index (χ4v) is 3.62. The van der Waals surface area contributed by atoms with E-state index in [0.717, 1.165) is 41.8 Å². The average molecular weight is 337 g/mol. The highest BCUT2D eigenvalue weighted by Crippen LogP contribution is 2.35.